The lowest BCUT2D eigenvalue weighted by Gasteiger charge is -2.31. The third-order valence-corrected chi connectivity index (χ3v) is 5.33. The molecule has 6 nitrogen and oxygen atoms in total. The van der Waals surface area contributed by atoms with Gasteiger partial charge in [-0.05, 0) is 36.6 Å². The number of carboxylic acid groups (broad SMARTS) is 1. The van der Waals surface area contributed by atoms with E-state index in [1.807, 2.05) is 16.8 Å². The Balaban J connectivity index is 1.42. The zero-order valence-corrected chi connectivity index (χ0v) is 15.6. The van der Waals surface area contributed by atoms with Crippen molar-refractivity contribution in [3.63, 3.8) is 0 Å². The number of rotatable bonds is 5. The minimum atomic E-state index is -0.832. The number of aliphatic carboxylic acids is 1. The molecular weight excluding hydrogens is 364 g/mol. The first-order valence-corrected chi connectivity index (χ1v) is 9.49. The van der Waals surface area contributed by atoms with Crippen molar-refractivity contribution >= 4 is 29.0 Å². The van der Waals surface area contributed by atoms with Crippen LogP contribution < -0.4 is 4.90 Å². The molecule has 0 saturated carbocycles. The van der Waals surface area contributed by atoms with Crippen molar-refractivity contribution in [2.75, 3.05) is 18.0 Å². The number of aryl methyl sites for hydroxylation is 1. The summed E-state index contributed by atoms with van der Waals surface area (Å²) in [6.45, 7) is 2.73. The molecule has 1 aromatic heterocycles. The number of anilines is 1. The fourth-order valence-electron chi connectivity index (χ4n) is 3.65. The fourth-order valence-corrected chi connectivity index (χ4v) is 3.84. The van der Waals surface area contributed by atoms with E-state index >= 15 is 0 Å². The smallest absolute Gasteiger partial charge is 0.310 e. The van der Waals surface area contributed by atoms with Crippen LogP contribution in [0.5, 0.6) is 0 Å². The molecule has 3 heterocycles. The second-order valence-electron chi connectivity index (χ2n) is 6.93. The van der Waals surface area contributed by atoms with Gasteiger partial charge in [-0.15, -0.1) is 0 Å². The zero-order chi connectivity index (χ0) is 18.8. The number of fused-ring (bicyclic) bond motifs is 1. The van der Waals surface area contributed by atoms with Gasteiger partial charge in [0, 0.05) is 49.2 Å². The van der Waals surface area contributed by atoms with Gasteiger partial charge in [0.05, 0.1) is 18.0 Å². The highest BCUT2D eigenvalue weighted by Gasteiger charge is 2.22. The summed E-state index contributed by atoms with van der Waals surface area (Å²) in [6.07, 6.45) is 9.49. The number of benzene rings is 1. The van der Waals surface area contributed by atoms with Crippen LogP contribution in [0.15, 0.2) is 48.0 Å². The molecule has 1 atom stereocenters. The maximum absolute atomic E-state index is 11.2. The van der Waals surface area contributed by atoms with Gasteiger partial charge in [-0.3, -0.25) is 9.79 Å². The number of nitrogens with zero attached hydrogens (tertiary/aromatic N) is 4. The van der Waals surface area contributed by atoms with Gasteiger partial charge in [-0.25, -0.2) is 4.98 Å². The Morgan fingerprint density at radius 2 is 2.22 bits per heavy atom. The molecule has 27 heavy (non-hydrogen) atoms. The molecule has 4 rings (SSSR count). The number of aliphatic imine (C=N–C) groups is 1. The summed E-state index contributed by atoms with van der Waals surface area (Å²) in [4.78, 5) is 22.3. The van der Waals surface area contributed by atoms with Crippen LogP contribution in [0.3, 0.4) is 0 Å². The minimum absolute atomic E-state index is 0.378. The van der Waals surface area contributed by atoms with E-state index in [0.717, 1.165) is 48.9 Å². The standard InChI is InChI=1S/C20H21ClN4O2/c21-16-3-4-19-14(10-16)2-1-7-25(19)9-8-24-12-18(23-13-24)17-11-15(20(26)27)5-6-22-17/h3-6,10,12-13,15H,1-2,7-9,11H2,(H,26,27). The monoisotopic (exact) mass is 384 g/mol. The largest absolute Gasteiger partial charge is 0.481 e. The Hall–Kier alpha value is -2.60. The van der Waals surface area contributed by atoms with Gasteiger partial charge in [0.1, 0.15) is 5.69 Å². The lowest BCUT2D eigenvalue weighted by molar-refractivity contribution is -0.139. The van der Waals surface area contributed by atoms with Gasteiger partial charge in [-0.2, -0.15) is 0 Å². The quantitative estimate of drug-likeness (QED) is 0.857. The number of imidazole rings is 1. The molecular formula is C20H21ClN4O2. The van der Waals surface area contributed by atoms with E-state index in [4.69, 9.17) is 11.6 Å². The van der Waals surface area contributed by atoms with E-state index in [-0.39, 0.29) is 0 Å². The highest BCUT2D eigenvalue weighted by atomic mass is 35.5. The number of carbonyl (C=O) groups is 1. The summed E-state index contributed by atoms with van der Waals surface area (Å²) in [5, 5.41) is 9.98. The van der Waals surface area contributed by atoms with Crippen LogP contribution in [-0.4, -0.2) is 39.4 Å². The topological polar surface area (TPSA) is 70.7 Å². The van der Waals surface area contributed by atoms with Gasteiger partial charge in [-0.1, -0.05) is 17.7 Å². The summed E-state index contributed by atoms with van der Waals surface area (Å²) in [6, 6.07) is 6.11. The molecule has 2 aromatic rings. The molecule has 140 valence electrons. The summed E-state index contributed by atoms with van der Waals surface area (Å²) in [5.41, 5.74) is 4.04. The minimum Gasteiger partial charge on any atom is -0.481 e. The van der Waals surface area contributed by atoms with Crippen molar-refractivity contribution in [2.45, 2.75) is 25.8 Å². The molecule has 0 radical (unpaired) electrons. The number of aromatic nitrogens is 2. The predicted octanol–water partition coefficient (Wildman–Crippen LogP) is 3.40. The Labute approximate surface area is 162 Å². The van der Waals surface area contributed by atoms with Crippen molar-refractivity contribution in [1.29, 1.82) is 0 Å². The molecule has 7 heteroatoms. The number of hydrogen-bond acceptors (Lipinski definition) is 4. The van der Waals surface area contributed by atoms with Crippen LogP contribution in [0, 0.1) is 5.92 Å². The maximum atomic E-state index is 11.2. The number of carboxylic acids is 1. The maximum Gasteiger partial charge on any atom is 0.310 e. The molecule has 0 spiro atoms. The zero-order valence-electron chi connectivity index (χ0n) is 14.9. The first-order chi connectivity index (χ1) is 13.1. The normalized spacial score (nSPS) is 18.9. The average molecular weight is 385 g/mol. The Morgan fingerprint density at radius 1 is 1.33 bits per heavy atom. The molecule has 0 bridgehead atoms. The molecule has 0 aliphatic carbocycles. The Morgan fingerprint density at radius 3 is 3.07 bits per heavy atom. The lowest BCUT2D eigenvalue weighted by Crippen LogP contribution is -2.32. The Bertz CT molecular complexity index is 918. The molecule has 0 fully saturated rings. The first kappa shape index (κ1) is 17.8. The van der Waals surface area contributed by atoms with E-state index in [0.29, 0.717) is 6.42 Å². The summed E-state index contributed by atoms with van der Waals surface area (Å²) < 4.78 is 2.04. The van der Waals surface area contributed by atoms with E-state index in [9.17, 15) is 9.90 Å². The lowest BCUT2D eigenvalue weighted by atomic mass is 9.99. The van der Waals surface area contributed by atoms with Gasteiger partial charge < -0.3 is 14.6 Å². The van der Waals surface area contributed by atoms with Crippen molar-refractivity contribution in [3.8, 4) is 0 Å². The van der Waals surface area contributed by atoms with E-state index in [1.54, 1.807) is 18.6 Å². The van der Waals surface area contributed by atoms with Crippen molar-refractivity contribution in [2.24, 2.45) is 10.9 Å². The summed E-state index contributed by atoms with van der Waals surface area (Å²) in [7, 11) is 0. The SMILES string of the molecule is O=C(O)C1C=CN=C(c2cn(CCN3CCCc4cc(Cl)ccc43)cn2)C1. The highest BCUT2D eigenvalue weighted by Crippen LogP contribution is 2.29. The molecule has 0 saturated heterocycles. The third-order valence-electron chi connectivity index (χ3n) is 5.09. The molecule has 1 unspecified atom stereocenters. The van der Waals surface area contributed by atoms with Crippen molar-refractivity contribution in [1.82, 2.24) is 9.55 Å². The highest BCUT2D eigenvalue weighted by molar-refractivity contribution is 6.30. The Kier molecular flexibility index (Phi) is 4.99. The van der Waals surface area contributed by atoms with Gasteiger partial charge >= 0.3 is 5.97 Å². The first-order valence-electron chi connectivity index (χ1n) is 9.12. The fraction of sp³-hybridized carbons (Fsp3) is 0.350. The average Bonchev–Trinajstić information content (AvgIpc) is 3.15. The van der Waals surface area contributed by atoms with E-state index in [1.165, 1.54) is 11.3 Å². The number of hydrogen-bond donors (Lipinski definition) is 1. The van der Waals surface area contributed by atoms with Crippen LogP contribution in [0.4, 0.5) is 5.69 Å². The van der Waals surface area contributed by atoms with Gasteiger partial charge in [0.25, 0.3) is 0 Å². The van der Waals surface area contributed by atoms with Gasteiger partial charge in [0.15, 0.2) is 0 Å². The predicted molar refractivity (Wildman–Crippen MR) is 106 cm³/mol. The van der Waals surface area contributed by atoms with Crippen LogP contribution in [0.1, 0.15) is 24.1 Å². The van der Waals surface area contributed by atoms with Gasteiger partial charge in [0.2, 0.25) is 0 Å². The molecule has 0 amide bonds. The summed E-state index contributed by atoms with van der Waals surface area (Å²) in [5.74, 6) is -1.36. The van der Waals surface area contributed by atoms with Crippen LogP contribution >= 0.6 is 11.6 Å². The molecule has 1 N–H and O–H groups in total. The molecule has 2 aliphatic heterocycles. The third kappa shape index (κ3) is 3.90. The second-order valence-corrected chi connectivity index (χ2v) is 7.36. The molecule has 1 aromatic carbocycles. The van der Waals surface area contributed by atoms with Crippen LogP contribution in [0.2, 0.25) is 5.02 Å². The number of halogens is 1. The van der Waals surface area contributed by atoms with E-state index < -0.39 is 11.9 Å². The van der Waals surface area contributed by atoms with Crippen LogP contribution in [0.25, 0.3) is 0 Å². The van der Waals surface area contributed by atoms with Crippen molar-refractivity contribution < 1.29 is 9.90 Å². The van der Waals surface area contributed by atoms with Crippen LogP contribution in [-0.2, 0) is 17.8 Å². The summed E-state index contributed by atoms with van der Waals surface area (Å²) >= 11 is 6.12. The molecule has 2 aliphatic rings. The van der Waals surface area contributed by atoms with E-state index in [2.05, 4.69) is 27.0 Å². The second kappa shape index (κ2) is 7.56. The van der Waals surface area contributed by atoms with Crippen molar-refractivity contribution in [3.05, 3.63) is 59.3 Å².